The zero-order valence-corrected chi connectivity index (χ0v) is 48.7. The summed E-state index contributed by atoms with van der Waals surface area (Å²) < 4.78 is 16.9. The Morgan fingerprint density at radius 1 is 0.264 bits per heavy atom. The first-order chi connectivity index (χ1) is 35.5. The lowest BCUT2D eigenvalue weighted by Gasteiger charge is -2.18. The van der Waals surface area contributed by atoms with Crippen LogP contribution in [0.2, 0.25) is 0 Å². The second-order valence-corrected chi connectivity index (χ2v) is 22.0. The quantitative estimate of drug-likeness (QED) is 0.0261. The van der Waals surface area contributed by atoms with Gasteiger partial charge in [0.1, 0.15) is 13.2 Å². The van der Waals surface area contributed by atoms with Crippen LogP contribution >= 0.6 is 0 Å². The van der Waals surface area contributed by atoms with E-state index in [1.54, 1.807) is 0 Å². The molecule has 0 aromatic heterocycles. The minimum Gasteiger partial charge on any atom is -0.462 e. The summed E-state index contributed by atoms with van der Waals surface area (Å²) >= 11 is 0. The summed E-state index contributed by atoms with van der Waals surface area (Å²) in [4.78, 5) is 38.2. The van der Waals surface area contributed by atoms with Crippen LogP contribution in [0.5, 0.6) is 0 Å². The summed E-state index contributed by atoms with van der Waals surface area (Å²) in [6, 6.07) is 0. The van der Waals surface area contributed by atoms with Crippen molar-refractivity contribution in [3.8, 4) is 0 Å². The molecule has 0 aliphatic heterocycles. The zero-order chi connectivity index (χ0) is 52.2. The van der Waals surface area contributed by atoms with E-state index in [2.05, 4.69) is 45.1 Å². The summed E-state index contributed by atoms with van der Waals surface area (Å²) in [6.07, 6.45) is 73.3. The van der Waals surface area contributed by atoms with Crippen LogP contribution in [0, 0.1) is 0 Å². The predicted octanol–water partition coefficient (Wildman–Crippen LogP) is 21.8. The van der Waals surface area contributed by atoms with Crippen LogP contribution in [0.4, 0.5) is 0 Å². The predicted molar refractivity (Wildman–Crippen MR) is 312 cm³/mol. The van der Waals surface area contributed by atoms with Crippen molar-refractivity contribution >= 4 is 17.9 Å². The van der Waals surface area contributed by atoms with E-state index in [-0.39, 0.29) is 31.1 Å². The average molecular weight is 1010 g/mol. The fourth-order valence-corrected chi connectivity index (χ4v) is 9.79. The zero-order valence-electron chi connectivity index (χ0n) is 48.7. The molecule has 0 saturated carbocycles. The first-order valence-electron chi connectivity index (χ1n) is 32.3. The Bertz CT molecular complexity index is 1160. The second-order valence-electron chi connectivity index (χ2n) is 22.0. The first-order valence-corrected chi connectivity index (χ1v) is 32.3. The molecule has 6 heteroatoms. The van der Waals surface area contributed by atoms with E-state index in [1.165, 1.54) is 263 Å². The number of esters is 3. The van der Waals surface area contributed by atoms with E-state index < -0.39 is 6.10 Å². The molecule has 6 nitrogen and oxygen atoms in total. The molecule has 0 heterocycles. The summed E-state index contributed by atoms with van der Waals surface area (Å²) in [7, 11) is 0. The van der Waals surface area contributed by atoms with E-state index >= 15 is 0 Å². The van der Waals surface area contributed by atoms with Gasteiger partial charge < -0.3 is 14.2 Å². The third-order valence-electron chi connectivity index (χ3n) is 14.7. The topological polar surface area (TPSA) is 78.9 Å². The number of carbonyl (C=O) groups excluding carboxylic acids is 3. The van der Waals surface area contributed by atoms with E-state index in [0.29, 0.717) is 19.3 Å². The molecule has 0 radical (unpaired) electrons. The molecule has 1 unspecified atom stereocenters. The van der Waals surface area contributed by atoms with Gasteiger partial charge in [-0.15, -0.1) is 0 Å². The number of rotatable bonds is 60. The van der Waals surface area contributed by atoms with Crippen molar-refractivity contribution in [2.75, 3.05) is 13.2 Å². The molecule has 0 aromatic rings. The summed E-state index contributed by atoms with van der Waals surface area (Å²) in [5, 5.41) is 0. The Morgan fingerprint density at radius 3 is 0.694 bits per heavy atom. The molecular weight excluding hydrogens is 889 g/mol. The van der Waals surface area contributed by atoms with E-state index in [9.17, 15) is 14.4 Å². The Labute approximate surface area is 449 Å². The molecule has 424 valence electrons. The van der Waals surface area contributed by atoms with E-state index in [1.807, 2.05) is 0 Å². The van der Waals surface area contributed by atoms with Gasteiger partial charge in [0, 0.05) is 19.3 Å². The lowest BCUT2D eigenvalue weighted by molar-refractivity contribution is -0.167. The molecular formula is C66H124O6. The Hall–Kier alpha value is -2.11. The molecule has 0 N–H and O–H groups in total. The number of hydrogen-bond donors (Lipinski definition) is 0. The van der Waals surface area contributed by atoms with Crippen molar-refractivity contribution in [2.45, 2.75) is 367 Å². The van der Waals surface area contributed by atoms with Crippen molar-refractivity contribution < 1.29 is 28.6 Å². The summed E-state index contributed by atoms with van der Waals surface area (Å²) in [5.41, 5.74) is 0. The van der Waals surface area contributed by atoms with E-state index in [4.69, 9.17) is 14.2 Å². The highest BCUT2D eigenvalue weighted by molar-refractivity contribution is 5.71. The summed E-state index contributed by atoms with van der Waals surface area (Å²) in [5.74, 6) is -0.848. The molecule has 72 heavy (non-hydrogen) atoms. The van der Waals surface area contributed by atoms with Crippen LogP contribution in [-0.4, -0.2) is 37.2 Å². The maximum Gasteiger partial charge on any atom is 0.306 e. The Kier molecular flexibility index (Phi) is 59.6. The number of carbonyl (C=O) groups is 3. The highest BCUT2D eigenvalue weighted by Gasteiger charge is 2.19. The van der Waals surface area contributed by atoms with Crippen molar-refractivity contribution in [3.63, 3.8) is 0 Å². The van der Waals surface area contributed by atoms with E-state index in [0.717, 1.165) is 57.8 Å². The van der Waals surface area contributed by atoms with Gasteiger partial charge in [0.2, 0.25) is 0 Å². The smallest absolute Gasteiger partial charge is 0.306 e. The number of ether oxygens (including phenoxy) is 3. The van der Waals surface area contributed by atoms with Crippen LogP contribution in [0.1, 0.15) is 361 Å². The lowest BCUT2D eigenvalue weighted by atomic mass is 10.0. The van der Waals surface area contributed by atoms with Crippen molar-refractivity contribution in [2.24, 2.45) is 0 Å². The highest BCUT2D eigenvalue weighted by Crippen LogP contribution is 2.17. The fourth-order valence-electron chi connectivity index (χ4n) is 9.79. The van der Waals surface area contributed by atoms with Gasteiger partial charge in [0.25, 0.3) is 0 Å². The minimum absolute atomic E-state index is 0.0678. The van der Waals surface area contributed by atoms with Crippen molar-refractivity contribution in [3.05, 3.63) is 24.3 Å². The van der Waals surface area contributed by atoms with Crippen LogP contribution in [0.15, 0.2) is 24.3 Å². The molecule has 0 rings (SSSR count). The van der Waals surface area contributed by atoms with Gasteiger partial charge in [0.15, 0.2) is 6.10 Å². The lowest BCUT2D eigenvalue weighted by Crippen LogP contribution is -2.30. The normalized spacial score (nSPS) is 12.1. The van der Waals surface area contributed by atoms with Gasteiger partial charge in [-0.05, 0) is 70.6 Å². The third-order valence-corrected chi connectivity index (χ3v) is 14.7. The average Bonchev–Trinajstić information content (AvgIpc) is 3.38. The Morgan fingerprint density at radius 2 is 0.458 bits per heavy atom. The monoisotopic (exact) mass is 1010 g/mol. The largest absolute Gasteiger partial charge is 0.462 e. The maximum atomic E-state index is 12.9. The van der Waals surface area contributed by atoms with Gasteiger partial charge in [-0.1, -0.05) is 295 Å². The third kappa shape index (κ3) is 58.8. The molecule has 0 spiro atoms. The molecule has 0 amide bonds. The van der Waals surface area contributed by atoms with Gasteiger partial charge in [-0.2, -0.15) is 0 Å². The van der Waals surface area contributed by atoms with Crippen LogP contribution in [0.3, 0.4) is 0 Å². The molecule has 0 saturated heterocycles. The van der Waals surface area contributed by atoms with Crippen LogP contribution in [-0.2, 0) is 28.6 Å². The number of hydrogen-bond acceptors (Lipinski definition) is 6. The maximum absolute atomic E-state index is 12.9. The van der Waals surface area contributed by atoms with Crippen LogP contribution < -0.4 is 0 Å². The summed E-state index contributed by atoms with van der Waals surface area (Å²) in [6.45, 7) is 6.69. The first kappa shape index (κ1) is 69.9. The minimum atomic E-state index is -0.770. The van der Waals surface area contributed by atoms with Crippen molar-refractivity contribution in [1.29, 1.82) is 0 Å². The second kappa shape index (κ2) is 61.4. The molecule has 0 aliphatic rings. The van der Waals surface area contributed by atoms with Gasteiger partial charge in [0.05, 0.1) is 0 Å². The van der Waals surface area contributed by atoms with Crippen LogP contribution in [0.25, 0.3) is 0 Å². The fraction of sp³-hybridized carbons (Fsp3) is 0.894. The molecule has 0 aromatic carbocycles. The van der Waals surface area contributed by atoms with Gasteiger partial charge in [-0.25, -0.2) is 0 Å². The molecule has 0 fully saturated rings. The molecule has 1 atom stereocenters. The molecule has 0 aliphatic carbocycles. The standard InChI is InChI=1S/C66H124O6/c1-4-7-10-13-16-19-22-25-27-29-30-31-32-33-34-35-36-38-39-41-44-47-50-53-56-59-65(68)71-62-63(61-70-64(67)58-55-52-49-46-43-24-21-18-15-12-9-6-3)72-66(69)60-57-54-51-48-45-42-40-37-28-26-23-20-17-14-11-8-5-2/h26,28-30,63H,4-25,27,31-62H2,1-3H3/b28-26-,30-29-. The highest BCUT2D eigenvalue weighted by atomic mass is 16.6. The van der Waals surface area contributed by atoms with Gasteiger partial charge >= 0.3 is 17.9 Å². The van der Waals surface area contributed by atoms with Crippen molar-refractivity contribution in [1.82, 2.24) is 0 Å². The SMILES string of the molecule is CCCCCCCC/C=C\CCCCCCCCCC(=O)OC(COC(=O)CCCCCCCCCCCCCC)COC(=O)CCCCCCCCCCCCCCC/C=C\CCCCCCCCCC. The van der Waals surface area contributed by atoms with Gasteiger partial charge in [-0.3, -0.25) is 14.4 Å². The number of allylic oxidation sites excluding steroid dienone is 4. The number of unbranched alkanes of at least 4 members (excludes halogenated alkanes) is 45. The Balaban J connectivity index is 4.22. The molecule has 0 bridgehead atoms.